The number of piperazine rings is 1. The van der Waals surface area contributed by atoms with Crippen molar-refractivity contribution >= 4 is 5.78 Å². The number of ketones is 1. The van der Waals surface area contributed by atoms with Crippen LogP contribution in [-0.4, -0.2) is 49.0 Å². The Labute approximate surface area is 121 Å². The second kappa shape index (κ2) is 6.37. The van der Waals surface area contributed by atoms with Crippen LogP contribution < -0.4 is 10.1 Å². The molecule has 2 rings (SSSR count). The van der Waals surface area contributed by atoms with Gasteiger partial charge < -0.3 is 10.1 Å². The first-order chi connectivity index (χ1) is 9.57. The van der Waals surface area contributed by atoms with Crippen molar-refractivity contribution in [2.75, 3.05) is 32.8 Å². The number of rotatable bonds is 5. The Kier molecular flexibility index (Phi) is 4.78. The second-order valence-corrected chi connectivity index (χ2v) is 5.55. The third-order valence-electron chi connectivity index (χ3n) is 3.89. The molecule has 4 nitrogen and oxygen atoms in total. The van der Waals surface area contributed by atoms with Crippen LogP contribution in [0.4, 0.5) is 0 Å². The molecule has 0 spiro atoms. The van der Waals surface area contributed by atoms with Crippen molar-refractivity contribution in [3.8, 4) is 5.75 Å². The van der Waals surface area contributed by atoms with Crippen LogP contribution in [0.2, 0.25) is 0 Å². The molecule has 0 aliphatic carbocycles. The first kappa shape index (κ1) is 15.0. The SMILES string of the molecule is CCOc1ccccc1C(=O)C(C)(C)N1CCNCC1. The van der Waals surface area contributed by atoms with Crippen LogP contribution in [0.15, 0.2) is 24.3 Å². The van der Waals surface area contributed by atoms with Crippen LogP contribution in [0.1, 0.15) is 31.1 Å². The number of hydrogen-bond acceptors (Lipinski definition) is 4. The molecule has 1 saturated heterocycles. The van der Waals surface area contributed by atoms with Gasteiger partial charge in [-0.1, -0.05) is 12.1 Å². The molecule has 1 aliphatic rings. The van der Waals surface area contributed by atoms with Crippen molar-refractivity contribution in [3.05, 3.63) is 29.8 Å². The lowest BCUT2D eigenvalue weighted by atomic mass is 9.90. The summed E-state index contributed by atoms with van der Waals surface area (Å²) in [6, 6.07) is 7.52. The molecule has 0 saturated carbocycles. The van der Waals surface area contributed by atoms with E-state index in [0.717, 1.165) is 26.2 Å². The van der Waals surface area contributed by atoms with Gasteiger partial charge in [0.25, 0.3) is 0 Å². The first-order valence-corrected chi connectivity index (χ1v) is 7.29. The number of hydrogen-bond donors (Lipinski definition) is 1. The molecule has 110 valence electrons. The van der Waals surface area contributed by atoms with E-state index >= 15 is 0 Å². The van der Waals surface area contributed by atoms with Crippen LogP contribution in [0, 0.1) is 0 Å². The van der Waals surface area contributed by atoms with Crippen LogP contribution in [0.5, 0.6) is 5.75 Å². The van der Waals surface area contributed by atoms with Gasteiger partial charge in [0.1, 0.15) is 5.75 Å². The van der Waals surface area contributed by atoms with Gasteiger partial charge in [0.05, 0.1) is 17.7 Å². The third kappa shape index (κ3) is 3.02. The largest absolute Gasteiger partial charge is 0.493 e. The number of Topliss-reactive ketones (excluding diaryl/α,β-unsaturated/α-hetero) is 1. The van der Waals surface area contributed by atoms with E-state index < -0.39 is 5.54 Å². The second-order valence-electron chi connectivity index (χ2n) is 5.55. The summed E-state index contributed by atoms with van der Waals surface area (Å²) in [4.78, 5) is 15.2. The highest BCUT2D eigenvalue weighted by atomic mass is 16.5. The zero-order valence-corrected chi connectivity index (χ0v) is 12.6. The maximum atomic E-state index is 12.9. The van der Waals surface area contributed by atoms with Crippen molar-refractivity contribution in [1.29, 1.82) is 0 Å². The van der Waals surface area contributed by atoms with Crippen molar-refractivity contribution in [2.24, 2.45) is 0 Å². The standard InChI is InChI=1S/C16H24N2O2/c1-4-20-14-8-6-5-7-13(14)15(19)16(2,3)18-11-9-17-10-12-18/h5-8,17H,4,9-12H2,1-3H3. The van der Waals surface area contributed by atoms with Crippen LogP contribution >= 0.6 is 0 Å². The summed E-state index contributed by atoms with van der Waals surface area (Å²) in [6.07, 6.45) is 0. The van der Waals surface area contributed by atoms with Crippen molar-refractivity contribution in [3.63, 3.8) is 0 Å². The lowest BCUT2D eigenvalue weighted by Crippen LogP contribution is -2.57. The number of carbonyl (C=O) groups is 1. The summed E-state index contributed by atoms with van der Waals surface area (Å²) in [7, 11) is 0. The predicted octanol–water partition coefficient (Wildman–Crippen LogP) is 1.95. The van der Waals surface area contributed by atoms with Gasteiger partial charge in [0.15, 0.2) is 5.78 Å². The van der Waals surface area contributed by atoms with E-state index in [1.807, 2.05) is 45.0 Å². The highest BCUT2D eigenvalue weighted by Crippen LogP contribution is 2.27. The van der Waals surface area contributed by atoms with Gasteiger partial charge in [0.2, 0.25) is 0 Å². The Morgan fingerprint density at radius 1 is 1.30 bits per heavy atom. The summed E-state index contributed by atoms with van der Waals surface area (Å²) >= 11 is 0. The molecule has 1 aliphatic heterocycles. The molecule has 0 radical (unpaired) electrons. The van der Waals surface area contributed by atoms with E-state index in [1.165, 1.54) is 0 Å². The first-order valence-electron chi connectivity index (χ1n) is 7.29. The van der Waals surface area contributed by atoms with Gasteiger partial charge in [-0.05, 0) is 32.9 Å². The minimum Gasteiger partial charge on any atom is -0.493 e. The minimum absolute atomic E-state index is 0.128. The van der Waals surface area contributed by atoms with E-state index in [-0.39, 0.29) is 5.78 Å². The minimum atomic E-state index is -0.505. The zero-order valence-electron chi connectivity index (χ0n) is 12.6. The molecule has 1 aromatic carbocycles. The van der Waals surface area contributed by atoms with E-state index in [2.05, 4.69) is 10.2 Å². The molecular weight excluding hydrogens is 252 g/mol. The normalized spacial score (nSPS) is 16.9. The van der Waals surface area contributed by atoms with Crippen molar-refractivity contribution in [1.82, 2.24) is 10.2 Å². The quantitative estimate of drug-likeness (QED) is 0.835. The molecule has 4 heteroatoms. The summed E-state index contributed by atoms with van der Waals surface area (Å²) in [6.45, 7) is 10.2. The number of nitrogens with one attached hydrogen (secondary N) is 1. The van der Waals surface area contributed by atoms with Crippen molar-refractivity contribution in [2.45, 2.75) is 26.3 Å². The fourth-order valence-electron chi connectivity index (χ4n) is 2.63. The average Bonchev–Trinajstić information content (AvgIpc) is 2.48. The zero-order chi connectivity index (χ0) is 14.6. The molecule has 20 heavy (non-hydrogen) atoms. The Hall–Kier alpha value is -1.39. The highest BCUT2D eigenvalue weighted by molar-refractivity contribution is 6.04. The van der Waals surface area contributed by atoms with Gasteiger partial charge in [-0.15, -0.1) is 0 Å². The molecule has 0 atom stereocenters. The molecule has 0 aromatic heterocycles. The topological polar surface area (TPSA) is 41.6 Å². The lowest BCUT2D eigenvalue weighted by molar-refractivity contribution is 0.0599. The smallest absolute Gasteiger partial charge is 0.186 e. The lowest BCUT2D eigenvalue weighted by Gasteiger charge is -2.40. The number of para-hydroxylation sites is 1. The molecule has 0 amide bonds. The van der Waals surface area contributed by atoms with Crippen LogP contribution in [-0.2, 0) is 0 Å². The van der Waals surface area contributed by atoms with E-state index in [1.54, 1.807) is 0 Å². The number of benzene rings is 1. The molecule has 1 N–H and O–H groups in total. The molecule has 1 fully saturated rings. The Morgan fingerprint density at radius 3 is 2.60 bits per heavy atom. The maximum absolute atomic E-state index is 12.9. The third-order valence-corrected chi connectivity index (χ3v) is 3.89. The Morgan fingerprint density at radius 2 is 1.95 bits per heavy atom. The average molecular weight is 276 g/mol. The fourth-order valence-corrected chi connectivity index (χ4v) is 2.63. The molecule has 1 aromatic rings. The van der Waals surface area contributed by atoms with Crippen LogP contribution in [0.25, 0.3) is 0 Å². The number of carbonyl (C=O) groups excluding carboxylic acids is 1. The molecular formula is C16H24N2O2. The maximum Gasteiger partial charge on any atom is 0.186 e. The van der Waals surface area contributed by atoms with E-state index in [9.17, 15) is 4.79 Å². The van der Waals surface area contributed by atoms with Gasteiger partial charge in [0, 0.05) is 26.2 Å². The van der Waals surface area contributed by atoms with Gasteiger partial charge in [-0.25, -0.2) is 0 Å². The summed E-state index contributed by atoms with van der Waals surface area (Å²) in [5.41, 5.74) is 0.174. The summed E-state index contributed by atoms with van der Waals surface area (Å²) < 4.78 is 5.59. The number of nitrogens with zero attached hydrogens (tertiary/aromatic N) is 1. The van der Waals surface area contributed by atoms with E-state index in [0.29, 0.717) is 17.9 Å². The molecule has 0 unspecified atom stereocenters. The summed E-state index contributed by atoms with van der Waals surface area (Å²) in [5.74, 6) is 0.812. The Bertz CT molecular complexity index is 465. The van der Waals surface area contributed by atoms with Gasteiger partial charge in [-0.2, -0.15) is 0 Å². The highest BCUT2D eigenvalue weighted by Gasteiger charge is 2.36. The molecule has 1 heterocycles. The summed E-state index contributed by atoms with van der Waals surface area (Å²) in [5, 5.41) is 3.32. The fraction of sp³-hybridized carbons (Fsp3) is 0.562. The van der Waals surface area contributed by atoms with E-state index in [4.69, 9.17) is 4.74 Å². The van der Waals surface area contributed by atoms with Gasteiger partial charge in [-0.3, -0.25) is 9.69 Å². The Balaban J connectivity index is 2.25. The predicted molar refractivity (Wildman–Crippen MR) is 80.5 cm³/mol. The number of ether oxygens (including phenoxy) is 1. The molecule has 0 bridgehead atoms. The van der Waals surface area contributed by atoms with Crippen molar-refractivity contribution < 1.29 is 9.53 Å². The van der Waals surface area contributed by atoms with Gasteiger partial charge >= 0.3 is 0 Å². The van der Waals surface area contributed by atoms with Crippen LogP contribution in [0.3, 0.4) is 0 Å². The monoisotopic (exact) mass is 276 g/mol.